The Bertz CT molecular complexity index is 423. The third kappa shape index (κ3) is 1.86. The van der Waals surface area contributed by atoms with Crippen LogP contribution < -0.4 is 0 Å². The zero-order valence-electron chi connectivity index (χ0n) is 11.3. The fourth-order valence-electron chi connectivity index (χ4n) is 3.39. The molecule has 5 atom stereocenters. The Hall–Kier alpha value is -0.930. The number of hydrogen-bond donors (Lipinski definition) is 2. The molecule has 1 fully saturated rings. The smallest absolute Gasteiger partial charge is 0.162 e. The summed E-state index contributed by atoms with van der Waals surface area (Å²) in [4.78, 5) is 12.1. The highest BCUT2D eigenvalue weighted by molar-refractivity contribution is 5.95. The summed E-state index contributed by atoms with van der Waals surface area (Å²) >= 11 is 0. The number of aliphatic hydroxyl groups excluding tert-OH is 2. The van der Waals surface area contributed by atoms with E-state index < -0.39 is 12.2 Å². The van der Waals surface area contributed by atoms with Gasteiger partial charge in [0.25, 0.3) is 0 Å². The second-order valence-corrected chi connectivity index (χ2v) is 6.13. The Balaban J connectivity index is 2.46. The minimum atomic E-state index is -0.698. The third-order valence-electron chi connectivity index (χ3n) is 4.93. The monoisotopic (exact) mass is 250 g/mol. The van der Waals surface area contributed by atoms with Crippen molar-refractivity contribution in [3.05, 3.63) is 23.8 Å². The Labute approximate surface area is 108 Å². The number of allylic oxidation sites excluding steroid dienone is 2. The van der Waals surface area contributed by atoms with E-state index in [1.165, 1.54) is 0 Å². The van der Waals surface area contributed by atoms with Crippen molar-refractivity contribution in [1.29, 1.82) is 0 Å². The Morgan fingerprint density at radius 2 is 2.11 bits per heavy atom. The Morgan fingerprint density at radius 1 is 1.50 bits per heavy atom. The lowest BCUT2D eigenvalue weighted by Crippen LogP contribution is -2.50. The van der Waals surface area contributed by atoms with Crippen LogP contribution in [0.5, 0.6) is 0 Å². The van der Waals surface area contributed by atoms with E-state index in [9.17, 15) is 15.0 Å². The molecule has 0 spiro atoms. The zero-order chi connectivity index (χ0) is 13.7. The third-order valence-corrected chi connectivity index (χ3v) is 4.93. The average molecular weight is 250 g/mol. The van der Waals surface area contributed by atoms with Gasteiger partial charge < -0.3 is 10.2 Å². The summed E-state index contributed by atoms with van der Waals surface area (Å²) in [5.41, 5.74) is 1.34. The molecular formula is C15H22O3. The molecule has 5 unspecified atom stereocenters. The van der Waals surface area contributed by atoms with E-state index in [1.807, 2.05) is 20.8 Å². The normalized spacial score (nSPS) is 44.3. The van der Waals surface area contributed by atoms with Gasteiger partial charge in [-0.1, -0.05) is 26.0 Å². The number of aliphatic hydroxyl groups is 2. The van der Waals surface area contributed by atoms with Gasteiger partial charge in [0.15, 0.2) is 5.78 Å². The van der Waals surface area contributed by atoms with Crippen LogP contribution in [0.3, 0.4) is 0 Å². The van der Waals surface area contributed by atoms with Crippen molar-refractivity contribution in [1.82, 2.24) is 0 Å². The van der Waals surface area contributed by atoms with Crippen LogP contribution in [0, 0.1) is 17.3 Å². The first kappa shape index (κ1) is 13.5. The van der Waals surface area contributed by atoms with E-state index in [2.05, 4.69) is 6.58 Å². The molecule has 0 radical (unpaired) electrons. The molecule has 2 aliphatic carbocycles. The van der Waals surface area contributed by atoms with Gasteiger partial charge in [0.05, 0.1) is 12.2 Å². The molecule has 2 N–H and O–H groups in total. The highest BCUT2D eigenvalue weighted by Gasteiger charge is 2.50. The van der Waals surface area contributed by atoms with Crippen LogP contribution in [0.1, 0.15) is 33.6 Å². The topological polar surface area (TPSA) is 57.5 Å². The van der Waals surface area contributed by atoms with Crippen LogP contribution in [0.4, 0.5) is 0 Å². The number of ketones is 1. The van der Waals surface area contributed by atoms with Crippen molar-refractivity contribution in [2.45, 2.75) is 45.8 Å². The SMILES string of the molecule is C=C(C)C1CC2(C)C(=CC1=O)C(O)CC(O)C2C. The van der Waals surface area contributed by atoms with Crippen molar-refractivity contribution < 1.29 is 15.0 Å². The second-order valence-electron chi connectivity index (χ2n) is 6.13. The molecule has 0 aromatic heterocycles. The molecule has 0 saturated heterocycles. The first-order valence-electron chi connectivity index (χ1n) is 6.55. The largest absolute Gasteiger partial charge is 0.393 e. The number of fused-ring (bicyclic) bond motifs is 1. The fraction of sp³-hybridized carbons (Fsp3) is 0.667. The van der Waals surface area contributed by atoms with E-state index in [0.717, 1.165) is 11.1 Å². The van der Waals surface area contributed by atoms with Crippen LogP contribution in [0.2, 0.25) is 0 Å². The van der Waals surface area contributed by atoms with Gasteiger partial charge in [-0.25, -0.2) is 0 Å². The van der Waals surface area contributed by atoms with Crippen LogP contribution in [-0.2, 0) is 4.79 Å². The quantitative estimate of drug-likeness (QED) is 0.698. The lowest BCUT2D eigenvalue weighted by Gasteiger charge is -2.50. The van der Waals surface area contributed by atoms with Crippen LogP contribution in [0.15, 0.2) is 23.8 Å². The van der Waals surface area contributed by atoms with E-state index >= 15 is 0 Å². The van der Waals surface area contributed by atoms with Gasteiger partial charge >= 0.3 is 0 Å². The number of hydrogen-bond acceptors (Lipinski definition) is 3. The predicted molar refractivity (Wildman–Crippen MR) is 69.9 cm³/mol. The lowest BCUT2D eigenvalue weighted by molar-refractivity contribution is -0.121. The van der Waals surface area contributed by atoms with Crippen molar-refractivity contribution in [3.63, 3.8) is 0 Å². The van der Waals surface area contributed by atoms with Crippen molar-refractivity contribution in [2.24, 2.45) is 17.3 Å². The molecule has 18 heavy (non-hydrogen) atoms. The number of carbonyl (C=O) groups excluding carboxylic acids is 1. The van der Waals surface area contributed by atoms with E-state index in [-0.39, 0.29) is 23.0 Å². The molecule has 0 heterocycles. The molecule has 1 saturated carbocycles. The van der Waals surface area contributed by atoms with Crippen molar-refractivity contribution in [3.8, 4) is 0 Å². The molecule has 100 valence electrons. The Morgan fingerprint density at radius 3 is 2.67 bits per heavy atom. The molecule has 0 aromatic carbocycles. The number of rotatable bonds is 1. The maximum Gasteiger partial charge on any atom is 0.162 e. The molecule has 0 amide bonds. The van der Waals surface area contributed by atoms with Gasteiger partial charge in [0, 0.05) is 12.3 Å². The van der Waals surface area contributed by atoms with Crippen molar-refractivity contribution in [2.75, 3.05) is 0 Å². The van der Waals surface area contributed by atoms with Gasteiger partial charge in [-0.05, 0) is 36.3 Å². The minimum absolute atomic E-state index is 0.0395. The molecule has 2 aliphatic rings. The van der Waals surface area contributed by atoms with Crippen LogP contribution in [-0.4, -0.2) is 28.2 Å². The predicted octanol–water partition coefficient (Wildman–Crippen LogP) is 1.85. The highest BCUT2D eigenvalue weighted by atomic mass is 16.3. The van der Waals surface area contributed by atoms with Crippen LogP contribution in [0.25, 0.3) is 0 Å². The lowest BCUT2D eigenvalue weighted by atomic mass is 9.56. The first-order valence-corrected chi connectivity index (χ1v) is 6.55. The maximum atomic E-state index is 12.1. The minimum Gasteiger partial charge on any atom is -0.393 e. The highest BCUT2D eigenvalue weighted by Crippen LogP contribution is 2.52. The zero-order valence-corrected chi connectivity index (χ0v) is 11.3. The first-order chi connectivity index (χ1) is 8.27. The van der Waals surface area contributed by atoms with Gasteiger partial charge in [-0.2, -0.15) is 0 Å². The molecule has 3 heteroatoms. The van der Waals surface area contributed by atoms with Gasteiger partial charge in [-0.3, -0.25) is 4.79 Å². The van der Waals surface area contributed by atoms with Gasteiger partial charge in [-0.15, -0.1) is 0 Å². The summed E-state index contributed by atoms with van der Waals surface area (Å²) in [5, 5.41) is 20.1. The number of carbonyl (C=O) groups is 1. The molecule has 3 nitrogen and oxygen atoms in total. The standard InChI is InChI=1S/C15H22O3/c1-8(2)10-7-15(4)9(3)12(16)6-14(18)11(15)5-13(10)17/h5,9-10,12,14,16,18H,1,6-7H2,2-4H3. The maximum absolute atomic E-state index is 12.1. The van der Waals surface area contributed by atoms with Crippen LogP contribution >= 0.6 is 0 Å². The summed E-state index contributed by atoms with van der Waals surface area (Å²) < 4.78 is 0. The van der Waals surface area contributed by atoms with E-state index in [4.69, 9.17) is 0 Å². The second kappa shape index (κ2) is 4.32. The summed E-state index contributed by atoms with van der Waals surface area (Å²) in [5.74, 6) is -0.0987. The summed E-state index contributed by atoms with van der Waals surface area (Å²) in [6, 6.07) is 0. The Kier molecular flexibility index (Phi) is 3.24. The average Bonchev–Trinajstić information content (AvgIpc) is 2.28. The van der Waals surface area contributed by atoms with Gasteiger partial charge in [0.1, 0.15) is 0 Å². The van der Waals surface area contributed by atoms with E-state index in [1.54, 1.807) is 6.08 Å². The molecule has 2 rings (SSSR count). The molecule has 0 aliphatic heterocycles. The molecular weight excluding hydrogens is 228 g/mol. The summed E-state index contributed by atoms with van der Waals surface area (Å²) in [7, 11) is 0. The van der Waals surface area contributed by atoms with Crippen molar-refractivity contribution >= 4 is 5.78 Å². The fourth-order valence-corrected chi connectivity index (χ4v) is 3.39. The van der Waals surface area contributed by atoms with E-state index in [0.29, 0.717) is 12.8 Å². The summed E-state index contributed by atoms with van der Waals surface area (Å²) in [6.07, 6.45) is 1.35. The molecule has 0 aromatic rings. The summed E-state index contributed by atoms with van der Waals surface area (Å²) in [6.45, 7) is 9.79. The molecule has 0 bridgehead atoms. The van der Waals surface area contributed by atoms with Gasteiger partial charge in [0.2, 0.25) is 0 Å².